The molecule has 4 nitrogen and oxygen atoms in total. The van der Waals surface area contributed by atoms with E-state index >= 15 is 0 Å². The molecule has 0 fully saturated rings. The molecule has 1 aromatic heterocycles. The lowest BCUT2D eigenvalue weighted by atomic mass is 10.1. The lowest BCUT2D eigenvalue weighted by molar-refractivity contribution is 0.0947. The molecule has 1 amide bonds. The number of thiol groups is 1. The van der Waals surface area contributed by atoms with Gasteiger partial charge in [-0.05, 0) is 61.1 Å². The van der Waals surface area contributed by atoms with E-state index in [0.29, 0.717) is 12.2 Å². The zero-order valence-electron chi connectivity index (χ0n) is 15.6. The fraction of sp³-hybridized carbons (Fsp3) is 0.273. The number of halogens is 1. The summed E-state index contributed by atoms with van der Waals surface area (Å²) < 4.78 is 15.0. The van der Waals surface area contributed by atoms with Crippen molar-refractivity contribution in [2.75, 3.05) is 12.3 Å². The van der Waals surface area contributed by atoms with Crippen molar-refractivity contribution in [3.63, 3.8) is 0 Å². The summed E-state index contributed by atoms with van der Waals surface area (Å²) in [5, 5.41) is 7.44. The Morgan fingerprint density at radius 1 is 1.00 bits per heavy atom. The van der Waals surface area contributed by atoms with Crippen molar-refractivity contribution in [2.45, 2.75) is 25.7 Å². The van der Waals surface area contributed by atoms with Crippen molar-refractivity contribution in [1.29, 1.82) is 0 Å². The van der Waals surface area contributed by atoms with Gasteiger partial charge in [0.1, 0.15) is 5.82 Å². The Hall–Kier alpha value is -2.60. The molecule has 0 radical (unpaired) electrons. The van der Waals surface area contributed by atoms with E-state index in [2.05, 4.69) is 23.0 Å². The van der Waals surface area contributed by atoms with E-state index in [4.69, 9.17) is 0 Å². The van der Waals surface area contributed by atoms with Crippen LogP contribution in [0.1, 0.15) is 36.2 Å². The van der Waals surface area contributed by atoms with Gasteiger partial charge in [0.25, 0.3) is 5.91 Å². The van der Waals surface area contributed by atoms with E-state index in [1.165, 1.54) is 12.1 Å². The number of nitrogens with zero attached hydrogens (tertiary/aromatic N) is 2. The fourth-order valence-corrected chi connectivity index (χ4v) is 3.19. The third-order valence-corrected chi connectivity index (χ3v) is 4.77. The number of benzene rings is 2. The number of carbonyl (C=O) groups is 1. The average Bonchev–Trinajstić information content (AvgIpc) is 3.17. The summed E-state index contributed by atoms with van der Waals surface area (Å²) in [4.78, 5) is 12.6. The minimum Gasteiger partial charge on any atom is -0.351 e. The number of para-hydroxylation sites is 1. The van der Waals surface area contributed by atoms with Gasteiger partial charge >= 0.3 is 0 Å². The Labute approximate surface area is 170 Å². The molecule has 2 aromatic carbocycles. The van der Waals surface area contributed by atoms with Crippen LogP contribution in [0.15, 0.2) is 60.7 Å². The third kappa shape index (κ3) is 5.23. The van der Waals surface area contributed by atoms with Gasteiger partial charge in [0.2, 0.25) is 0 Å². The number of rotatable bonds is 9. The second-order valence-electron chi connectivity index (χ2n) is 6.56. The van der Waals surface area contributed by atoms with Crippen LogP contribution >= 0.6 is 12.6 Å². The van der Waals surface area contributed by atoms with E-state index in [-0.39, 0.29) is 11.7 Å². The Morgan fingerprint density at radius 3 is 2.43 bits per heavy atom. The molecule has 0 aliphatic carbocycles. The van der Waals surface area contributed by atoms with Gasteiger partial charge in [-0.3, -0.25) is 4.79 Å². The molecule has 0 aliphatic heterocycles. The molecule has 146 valence electrons. The maximum atomic E-state index is 13.3. The fourth-order valence-electron chi connectivity index (χ4n) is 2.97. The molecule has 3 aromatic rings. The van der Waals surface area contributed by atoms with E-state index in [9.17, 15) is 9.18 Å². The molecule has 0 aliphatic rings. The van der Waals surface area contributed by atoms with Crippen LogP contribution < -0.4 is 5.32 Å². The Kier molecular flexibility index (Phi) is 7.25. The van der Waals surface area contributed by atoms with E-state index in [1.807, 2.05) is 30.3 Å². The van der Waals surface area contributed by atoms with Gasteiger partial charge in [-0.1, -0.05) is 31.0 Å². The standard InChI is InChI=1S/C22H24FN3OS/c23-18-12-10-17(11-13-18)21-16-20(22(27)24-14-6-1-2-7-15-28)25-26(21)19-8-4-3-5-9-19/h3-5,8-13,16,28H,1-2,6-7,14-15H2,(H,24,27). The second kappa shape index (κ2) is 10.1. The van der Waals surface area contributed by atoms with E-state index in [0.717, 1.165) is 48.4 Å². The number of hydrogen-bond acceptors (Lipinski definition) is 3. The highest BCUT2D eigenvalue weighted by Gasteiger charge is 2.16. The highest BCUT2D eigenvalue weighted by molar-refractivity contribution is 7.80. The Morgan fingerprint density at radius 2 is 1.71 bits per heavy atom. The molecule has 1 N–H and O–H groups in total. The Bertz CT molecular complexity index is 894. The number of aromatic nitrogens is 2. The van der Waals surface area contributed by atoms with Crippen LogP contribution in [0.4, 0.5) is 4.39 Å². The van der Waals surface area contributed by atoms with Crippen molar-refractivity contribution < 1.29 is 9.18 Å². The first kappa shape index (κ1) is 20.1. The lowest BCUT2D eigenvalue weighted by Gasteiger charge is -2.07. The SMILES string of the molecule is O=C(NCCCCCCS)c1cc(-c2ccc(F)cc2)n(-c2ccccc2)n1. The maximum absolute atomic E-state index is 13.3. The van der Waals surface area contributed by atoms with Crippen molar-refractivity contribution in [1.82, 2.24) is 15.1 Å². The predicted molar refractivity (Wildman–Crippen MR) is 114 cm³/mol. The van der Waals surface area contributed by atoms with Crippen LogP contribution in [0.5, 0.6) is 0 Å². The first-order chi connectivity index (χ1) is 13.7. The predicted octanol–water partition coefficient (Wildman–Crippen LogP) is 4.90. The summed E-state index contributed by atoms with van der Waals surface area (Å²) >= 11 is 4.20. The van der Waals surface area contributed by atoms with Crippen LogP contribution in [0.25, 0.3) is 16.9 Å². The van der Waals surface area contributed by atoms with Crippen LogP contribution in [-0.2, 0) is 0 Å². The molecule has 6 heteroatoms. The largest absolute Gasteiger partial charge is 0.351 e. The molecule has 0 saturated heterocycles. The monoisotopic (exact) mass is 397 g/mol. The summed E-state index contributed by atoms with van der Waals surface area (Å²) in [5.41, 5.74) is 2.72. The van der Waals surface area contributed by atoms with Gasteiger partial charge in [0.15, 0.2) is 5.69 Å². The average molecular weight is 398 g/mol. The van der Waals surface area contributed by atoms with Crippen molar-refractivity contribution in [3.8, 4) is 16.9 Å². The number of unbranched alkanes of at least 4 members (excludes halogenated alkanes) is 3. The van der Waals surface area contributed by atoms with Gasteiger partial charge in [-0.25, -0.2) is 9.07 Å². The van der Waals surface area contributed by atoms with Gasteiger partial charge in [0, 0.05) is 12.1 Å². The number of hydrogen-bond donors (Lipinski definition) is 2. The molecular weight excluding hydrogens is 373 g/mol. The van der Waals surface area contributed by atoms with Crippen LogP contribution in [0, 0.1) is 5.82 Å². The summed E-state index contributed by atoms with van der Waals surface area (Å²) in [6.07, 6.45) is 4.22. The topological polar surface area (TPSA) is 46.9 Å². The molecule has 0 unspecified atom stereocenters. The number of carbonyl (C=O) groups excluding carboxylic acids is 1. The summed E-state index contributed by atoms with van der Waals surface area (Å²) in [5.74, 6) is 0.396. The van der Waals surface area contributed by atoms with Crippen LogP contribution in [-0.4, -0.2) is 28.0 Å². The molecular formula is C22H24FN3OS. The molecule has 0 bridgehead atoms. The second-order valence-corrected chi connectivity index (χ2v) is 7.01. The zero-order chi connectivity index (χ0) is 19.8. The molecule has 0 atom stereocenters. The molecule has 0 spiro atoms. The highest BCUT2D eigenvalue weighted by Crippen LogP contribution is 2.24. The molecule has 0 saturated carbocycles. The first-order valence-electron chi connectivity index (χ1n) is 9.49. The van der Waals surface area contributed by atoms with Gasteiger partial charge in [-0.15, -0.1) is 0 Å². The first-order valence-corrected chi connectivity index (χ1v) is 10.1. The van der Waals surface area contributed by atoms with Crippen LogP contribution in [0.3, 0.4) is 0 Å². The summed E-state index contributed by atoms with van der Waals surface area (Å²) in [7, 11) is 0. The minimum absolute atomic E-state index is 0.202. The third-order valence-electron chi connectivity index (χ3n) is 4.45. The minimum atomic E-state index is -0.301. The van der Waals surface area contributed by atoms with Crippen molar-refractivity contribution in [3.05, 3.63) is 72.2 Å². The summed E-state index contributed by atoms with van der Waals surface area (Å²) in [6.45, 7) is 0.621. The Balaban J connectivity index is 1.79. The van der Waals surface area contributed by atoms with E-state index < -0.39 is 0 Å². The zero-order valence-corrected chi connectivity index (χ0v) is 16.5. The highest BCUT2D eigenvalue weighted by atomic mass is 32.1. The van der Waals surface area contributed by atoms with Crippen molar-refractivity contribution >= 4 is 18.5 Å². The molecule has 1 heterocycles. The van der Waals surface area contributed by atoms with Gasteiger partial charge in [0.05, 0.1) is 11.4 Å². The van der Waals surface area contributed by atoms with Crippen LogP contribution in [0.2, 0.25) is 0 Å². The van der Waals surface area contributed by atoms with Gasteiger partial charge < -0.3 is 5.32 Å². The molecule has 28 heavy (non-hydrogen) atoms. The molecule has 3 rings (SSSR count). The maximum Gasteiger partial charge on any atom is 0.271 e. The smallest absolute Gasteiger partial charge is 0.271 e. The van der Waals surface area contributed by atoms with Crippen molar-refractivity contribution in [2.24, 2.45) is 0 Å². The number of amides is 1. The summed E-state index contributed by atoms with van der Waals surface area (Å²) in [6, 6.07) is 17.5. The normalized spacial score (nSPS) is 10.8. The lowest BCUT2D eigenvalue weighted by Crippen LogP contribution is -2.25. The van der Waals surface area contributed by atoms with E-state index in [1.54, 1.807) is 22.9 Å². The quantitative estimate of drug-likeness (QED) is 0.399. The number of nitrogens with one attached hydrogen (secondary N) is 1. The van der Waals surface area contributed by atoms with Gasteiger partial charge in [-0.2, -0.15) is 17.7 Å².